The second-order valence-electron chi connectivity index (χ2n) is 9.40. The van der Waals surface area contributed by atoms with Crippen molar-refractivity contribution in [3.05, 3.63) is 29.8 Å². The lowest BCUT2D eigenvalue weighted by Crippen LogP contribution is -2.49. The van der Waals surface area contributed by atoms with E-state index in [4.69, 9.17) is 4.74 Å². The summed E-state index contributed by atoms with van der Waals surface area (Å²) >= 11 is 0. The fourth-order valence-electron chi connectivity index (χ4n) is 5.64. The van der Waals surface area contributed by atoms with E-state index in [1.807, 2.05) is 10.7 Å². The summed E-state index contributed by atoms with van der Waals surface area (Å²) in [6.07, 6.45) is -1.08. The minimum atomic E-state index is -4.57. The van der Waals surface area contributed by atoms with Gasteiger partial charge < -0.3 is 4.74 Å². The topological polar surface area (TPSA) is 56.1 Å². The second-order valence-corrected chi connectivity index (χ2v) is 9.40. The Kier molecular flexibility index (Phi) is 5.08. The first-order chi connectivity index (χ1) is 14.7. The molecule has 2 aliphatic carbocycles. The van der Waals surface area contributed by atoms with Crippen molar-refractivity contribution in [2.45, 2.75) is 63.8 Å². The SMILES string of the molecule is CC(C)n1nc(-c2ccnc(C(F)(F)F)n2)cc1C1[C@H]2CC(N3CCOC[C@@H]3C)C[C@H]12. The van der Waals surface area contributed by atoms with Crippen LogP contribution < -0.4 is 0 Å². The molecular formula is C22H28F3N5O. The number of morpholine rings is 1. The molecule has 1 saturated heterocycles. The first kappa shape index (κ1) is 20.9. The number of hydrogen-bond donors (Lipinski definition) is 0. The molecule has 2 aromatic rings. The van der Waals surface area contributed by atoms with Gasteiger partial charge in [0.25, 0.3) is 0 Å². The molecule has 3 atom stereocenters. The van der Waals surface area contributed by atoms with Gasteiger partial charge in [0, 0.05) is 42.5 Å². The zero-order chi connectivity index (χ0) is 21.9. The van der Waals surface area contributed by atoms with Crippen LogP contribution in [0.5, 0.6) is 0 Å². The van der Waals surface area contributed by atoms with Crippen LogP contribution in [0.2, 0.25) is 0 Å². The van der Waals surface area contributed by atoms with Crippen molar-refractivity contribution >= 4 is 0 Å². The minimum Gasteiger partial charge on any atom is -0.379 e. The zero-order valence-corrected chi connectivity index (χ0v) is 18.0. The Bertz CT molecular complexity index is 947. The third-order valence-electron chi connectivity index (χ3n) is 7.07. The highest BCUT2D eigenvalue weighted by Crippen LogP contribution is 2.64. The van der Waals surface area contributed by atoms with Gasteiger partial charge >= 0.3 is 6.18 Å². The fraction of sp³-hybridized carbons (Fsp3) is 0.682. The van der Waals surface area contributed by atoms with E-state index in [-0.39, 0.29) is 11.7 Å². The number of hydrogen-bond acceptors (Lipinski definition) is 5. The van der Waals surface area contributed by atoms with Gasteiger partial charge in [-0.15, -0.1) is 0 Å². The van der Waals surface area contributed by atoms with Crippen molar-refractivity contribution in [3.63, 3.8) is 0 Å². The van der Waals surface area contributed by atoms with E-state index < -0.39 is 12.0 Å². The Morgan fingerprint density at radius 1 is 1.16 bits per heavy atom. The molecule has 6 nitrogen and oxygen atoms in total. The number of halogens is 3. The predicted octanol–water partition coefficient (Wildman–Crippen LogP) is 4.15. The van der Waals surface area contributed by atoms with Crippen LogP contribution in [0.1, 0.15) is 57.1 Å². The zero-order valence-electron chi connectivity index (χ0n) is 18.0. The summed E-state index contributed by atoms with van der Waals surface area (Å²) in [5, 5.41) is 4.64. The molecular weight excluding hydrogens is 407 g/mol. The van der Waals surface area contributed by atoms with Crippen LogP contribution in [0.4, 0.5) is 13.2 Å². The molecule has 9 heteroatoms. The lowest BCUT2D eigenvalue weighted by atomic mass is 10.0. The molecule has 0 N–H and O–H groups in total. The summed E-state index contributed by atoms with van der Waals surface area (Å²) in [6, 6.07) is 4.64. The summed E-state index contributed by atoms with van der Waals surface area (Å²) in [6.45, 7) is 8.95. The predicted molar refractivity (Wildman–Crippen MR) is 108 cm³/mol. The number of fused-ring (bicyclic) bond motifs is 1. The van der Waals surface area contributed by atoms with E-state index in [1.165, 1.54) is 18.9 Å². The van der Waals surface area contributed by atoms with E-state index in [0.29, 0.717) is 35.5 Å². The van der Waals surface area contributed by atoms with E-state index in [1.54, 1.807) is 0 Å². The lowest BCUT2D eigenvalue weighted by Gasteiger charge is -2.38. The molecule has 1 aliphatic heterocycles. The number of aromatic nitrogens is 4. The highest BCUT2D eigenvalue weighted by Gasteiger charge is 2.59. The molecule has 3 aliphatic rings. The van der Waals surface area contributed by atoms with Crippen LogP contribution in [-0.4, -0.2) is 56.5 Å². The number of nitrogens with zero attached hydrogens (tertiary/aromatic N) is 5. The van der Waals surface area contributed by atoms with Gasteiger partial charge in [0.05, 0.1) is 18.9 Å². The lowest BCUT2D eigenvalue weighted by molar-refractivity contribution is -0.144. The first-order valence-electron chi connectivity index (χ1n) is 11.1. The van der Waals surface area contributed by atoms with Crippen LogP contribution in [0, 0.1) is 11.8 Å². The van der Waals surface area contributed by atoms with Crippen LogP contribution in [-0.2, 0) is 10.9 Å². The Labute approximate surface area is 179 Å². The third kappa shape index (κ3) is 3.75. The van der Waals surface area contributed by atoms with Crippen LogP contribution >= 0.6 is 0 Å². The standard InChI is InChI=1S/C22H28F3N5O/c1-12(2)30-19(10-18(28-30)17-4-5-26-21(27-17)22(23,24)25)20-15-8-14(9-16(15)20)29-6-7-31-11-13(29)3/h4-5,10,12-16,20H,6-9,11H2,1-3H3/t13-,14?,15-,16-,20?/m0/s1. The molecule has 3 heterocycles. The van der Waals surface area contributed by atoms with Gasteiger partial charge in [-0.3, -0.25) is 9.58 Å². The number of alkyl halides is 3. The maximum absolute atomic E-state index is 13.0. The van der Waals surface area contributed by atoms with Crippen molar-refractivity contribution in [2.24, 2.45) is 11.8 Å². The first-order valence-corrected chi connectivity index (χ1v) is 11.1. The summed E-state index contributed by atoms with van der Waals surface area (Å²) in [5.41, 5.74) is 1.83. The van der Waals surface area contributed by atoms with Gasteiger partial charge in [-0.1, -0.05) is 0 Å². The van der Waals surface area contributed by atoms with Crippen molar-refractivity contribution in [2.75, 3.05) is 19.8 Å². The van der Waals surface area contributed by atoms with Crippen LogP contribution in [0.15, 0.2) is 18.3 Å². The molecule has 0 unspecified atom stereocenters. The molecule has 2 aromatic heterocycles. The molecule has 2 saturated carbocycles. The van der Waals surface area contributed by atoms with E-state index in [9.17, 15) is 13.2 Å². The van der Waals surface area contributed by atoms with Crippen molar-refractivity contribution in [1.29, 1.82) is 0 Å². The van der Waals surface area contributed by atoms with Crippen molar-refractivity contribution in [3.8, 4) is 11.4 Å². The van der Waals surface area contributed by atoms with E-state index in [0.717, 1.165) is 31.6 Å². The average molecular weight is 435 g/mol. The van der Waals surface area contributed by atoms with Crippen LogP contribution in [0.25, 0.3) is 11.4 Å². The van der Waals surface area contributed by atoms with E-state index in [2.05, 4.69) is 40.7 Å². The Hall–Kier alpha value is -2.00. The Morgan fingerprint density at radius 2 is 1.90 bits per heavy atom. The monoisotopic (exact) mass is 435 g/mol. The average Bonchev–Trinajstić information content (AvgIpc) is 3.09. The molecule has 0 bridgehead atoms. The molecule has 0 spiro atoms. The molecule has 0 amide bonds. The van der Waals surface area contributed by atoms with Gasteiger partial charge in [0.2, 0.25) is 5.82 Å². The molecule has 5 rings (SSSR count). The highest BCUT2D eigenvalue weighted by molar-refractivity contribution is 5.55. The minimum absolute atomic E-state index is 0.129. The summed E-state index contributed by atoms with van der Waals surface area (Å²) in [7, 11) is 0. The molecule has 31 heavy (non-hydrogen) atoms. The van der Waals surface area contributed by atoms with Gasteiger partial charge in [-0.25, -0.2) is 9.97 Å². The number of rotatable bonds is 4. The van der Waals surface area contributed by atoms with Gasteiger partial charge in [0.15, 0.2) is 0 Å². The highest BCUT2D eigenvalue weighted by atomic mass is 19.4. The molecule has 0 radical (unpaired) electrons. The molecule has 3 fully saturated rings. The summed E-state index contributed by atoms with van der Waals surface area (Å²) in [4.78, 5) is 9.69. The molecule has 0 aromatic carbocycles. The quantitative estimate of drug-likeness (QED) is 0.722. The summed E-state index contributed by atoms with van der Waals surface area (Å²) < 4.78 is 46.7. The van der Waals surface area contributed by atoms with Gasteiger partial charge in [-0.05, 0) is 57.6 Å². The summed E-state index contributed by atoms with van der Waals surface area (Å²) in [5.74, 6) is 0.549. The van der Waals surface area contributed by atoms with E-state index >= 15 is 0 Å². The fourth-order valence-corrected chi connectivity index (χ4v) is 5.64. The van der Waals surface area contributed by atoms with Crippen molar-refractivity contribution in [1.82, 2.24) is 24.6 Å². The van der Waals surface area contributed by atoms with Crippen molar-refractivity contribution < 1.29 is 17.9 Å². The molecule has 168 valence electrons. The maximum atomic E-state index is 13.0. The second kappa shape index (κ2) is 7.55. The Balaban J connectivity index is 1.37. The maximum Gasteiger partial charge on any atom is 0.451 e. The van der Waals surface area contributed by atoms with Crippen LogP contribution in [0.3, 0.4) is 0 Å². The Morgan fingerprint density at radius 3 is 2.55 bits per heavy atom. The normalized spacial score (nSPS) is 29.5. The third-order valence-corrected chi connectivity index (χ3v) is 7.07. The largest absolute Gasteiger partial charge is 0.451 e. The van der Waals surface area contributed by atoms with Gasteiger partial charge in [0.1, 0.15) is 5.69 Å². The number of ether oxygens (including phenoxy) is 1. The smallest absolute Gasteiger partial charge is 0.379 e. The van der Waals surface area contributed by atoms with Gasteiger partial charge in [-0.2, -0.15) is 18.3 Å².